The monoisotopic (exact) mass is 262 g/mol. The van der Waals surface area contributed by atoms with Crippen molar-refractivity contribution >= 4 is 5.69 Å². The van der Waals surface area contributed by atoms with Gasteiger partial charge in [0.15, 0.2) is 0 Å². The summed E-state index contributed by atoms with van der Waals surface area (Å²) >= 11 is 0. The van der Waals surface area contributed by atoms with Crippen LogP contribution >= 0.6 is 0 Å². The van der Waals surface area contributed by atoms with Crippen molar-refractivity contribution in [2.45, 2.75) is 39.2 Å². The summed E-state index contributed by atoms with van der Waals surface area (Å²) in [6.45, 7) is 9.31. The molecule has 1 heterocycles. The van der Waals surface area contributed by atoms with E-state index in [2.05, 4.69) is 49.2 Å². The van der Waals surface area contributed by atoms with E-state index < -0.39 is 0 Å². The van der Waals surface area contributed by atoms with Gasteiger partial charge in [0.1, 0.15) is 0 Å². The standard InChI is InChI=1S/C16H26N2O/c1-4-17-16(3,12-19)11-18-9-5-6-14-10-13(2)7-8-15(14)18/h7-8,10,17,19H,4-6,9,11-12H2,1-3H3. The van der Waals surface area contributed by atoms with Crippen molar-refractivity contribution in [1.29, 1.82) is 0 Å². The molecule has 3 nitrogen and oxygen atoms in total. The van der Waals surface area contributed by atoms with Crippen LogP contribution in [0.5, 0.6) is 0 Å². The average molecular weight is 262 g/mol. The molecule has 0 saturated carbocycles. The quantitative estimate of drug-likeness (QED) is 0.853. The number of fused-ring (bicyclic) bond motifs is 1. The van der Waals surface area contributed by atoms with Crippen LogP contribution in [0.25, 0.3) is 0 Å². The Morgan fingerprint density at radius 3 is 2.89 bits per heavy atom. The predicted octanol–water partition coefficient (Wildman–Crippen LogP) is 2.11. The lowest BCUT2D eigenvalue weighted by Crippen LogP contribution is -2.54. The van der Waals surface area contributed by atoms with Gasteiger partial charge >= 0.3 is 0 Å². The van der Waals surface area contributed by atoms with Gasteiger partial charge in [-0.1, -0.05) is 24.6 Å². The molecule has 1 aliphatic rings. The molecule has 0 amide bonds. The third kappa shape index (κ3) is 3.28. The van der Waals surface area contributed by atoms with Gasteiger partial charge < -0.3 is 15.3 Å². The van der Waals surface area contributed by atoms with Crippen molar-refractivity contribution in [3.05, 3.63) is 29.3 Å². The minimum Gasteiger partial charge on any atom is -0.394 e. The molecule has 0 fully saturated rings. The minimum absolute atomic E-state index is 0.165. The summed E-state index contributed by atoms with van der Waals surface area (Å²) in [7, 11) is 0. The molecular weight excluding hydrogens is 236 g/mol. The van der Waals surface area contributed by atoms with Crippen molar-refractivity contribution in [2.75, 3.05) is 31.1 Å². The number of aliphatic hydroxyl groups excluding tert-OH is 1. The van der Waals surface area contributed by atoms with E-state index in [9.17, 15) is 5.11 Å². The number of aliphatic hydroxyl groups is 1. The number of hydrogen-bond donors (Lipinski definition) is 2. The lowest BCUT2D eigenvalue weighted by atomic mass is 9.96. The minimum atomic E-state index is -0.228. The Kier molecular flexibility index (Phi) is 4.48. The highest BCUT2D eigenvalue weighted by molar-refractivity contribution is 5.57. The molecule has 19 heavy (non-hydrogen) atoms. The summed E-state index contributed by atoms with van der Waals surface area (Å²) in [4.78, 5) is 2.41. The van der Waals surface area contributed by atoms with Gasteiger partial charge in [0, 0.05) is 18.8 Å². The zero-order valence-corrected chi connectivity index (χ0v) is 12.4. The molecule has 0 aromatic heterocycles. The molecule has 1 atom stereocenters. The van der Waals surface area contributed by atoms with E-state index in [0.717, 1.165) is 19.6 Å². The van der Waals surface area contributed by atoms with E-state index in [4.69, 9.17) is 0 Å². The van der Waals surface area contributed by atoms with Gasteiger partial charge in [0.2, 0.25) is 0 Å². The molecule has 2 N–H and O–H groups in total. The van der Waals surface area contributed by atoms with Gasteiger partial charge in [0.25, 0.3) is 0 Å². The van der Waals surface area contributed by atoms with Crippen molar-refractivity contribution in [3.63, 3.8) is 0 Å². The van der Waals surface area contributed by atoms with Crippen LogP contribution in [0.1, 0.15) is 31.4 Å². The highest BCUT2D eigenvalue weighted by Gasteiger charge is 2.27. The van der Waals surface area contributed by atoms with Crippen molar-refractivity contribution in [2.24, 2.45) is 0 Å². The molecule has 1 unspecified atom stereocenters. The van der Waals surface area contributed by atoms with Crippen LogP contribution in [-0.4, -0.2) is 36.9 Å². The van der Waals surface area contributed by atoms with Gasteiger partial charge in [-0.2, -0.15) is 0 Å². The van der Waals surface area contributed by atoms with Crippen LogP contribution in [-0.2, 0) is 6.42 Å². The SMILES string of the molecule is CCNC(C)(CO)CN1CCCc2cc(C)ccc21. The number of hydrogen-bond acceptors (Lipinski definition) is 3. The van der Waals surface area contributed by atoms with Gasteiger partial charge in [-0.3, -0.25) is 0 Å². The van der Waals surface area contributed by atoms with Gasteiger partial charge in [-0.05, 0) is 44.9 Å². The Balaban J connectivity index is 2.19. The molecule has 1 aromatic rings. The van der Waals surface area contributed by atoms with Crippen molar-refractivity contribution in [1.82, 2.24) is 5.32 Å². The maximum Gasteiger partial charge on any atom is 0.0627 e. The summed E-state index contributed by atoms with van der Waals surface area (Å²) in [5.74, 6) is 0. The molecule has 0 aliphatic carbocycles. The summed E-state index contributed by atoms with van der Waals surface area (Å²) in [6, 6.07) is 6.71. The highest BCUT2D eigenvalue weighted by Crippen LogP contribution is 2.29. The molecule has 0 radical (unpaired) electrons. The maximum absolute atomic E-state index is 9.65. The third-order valence-corrected chi connectivity index (χ3v) is 3.94. The Morgan fingerprint density at radius 1 is 1.42 bits per heavy atom. The lowest BCUT2D eigenvalue weighted by Gasteiger charge is -2.39. The highest BCUT2D eigenvalue weighted by atomic mass is 16.3. The molecule has 1 aromatic carbocycles. The van der Waals surface area contributed by atoms with Gasteiger partial charge in [-0.25, -0.2) is 0 Å². The number of nitrogens with zero attached hydrogens (tertiary/aromatic N) is 1. The van der Waals surface area contributed by atoms with Crippen molar-refractivity contribution in [3.8, 4) is 0 Å². The fourth-order valence-electron chi connectivity index (χ4n) is 2.98. The Labute approximate surface area is 116 Å². The second-order valence-corrected chi connectivity index (χ2v) is 5.91. The average Bonchev–Trinajstić information content (AvgIpc) is 2.39. The first-order chi connectivity index (χ1) is 9.08. The largest absolute Gasteiger partial charge is 0.394 e. The number of rotatable bonds is 5. The number of benzene rings is 1. The van der Waals surface area contributed by atoms with Gasteiger partial charge in [-0.15, -0.1) is 0 Å². The Morgan fingerprint density at radius 2 is 2.21 bits per heavy atom. The zero-order valence-electron chi connectivity index (χ0n) is 12.4. The van der Waals surface area contributed by atoms with E-state index >= 15 is 0 Å². The number of likely N-dealkylation sites (N-methyl/N-ethyl adjacent to an activating group) is 1. The van der Waals surface area contributed by atoms with Crippen LogP contribution in [0, 0.1) is 6.92 Å². The fourth-order valence-corrected chi connectivity index (χ4v) is 2.98. The second kappa shape index (κ2) is 5.93. The van der Waals surface area contributed by atoms with Crippen LogP contribution in [0.4, 0.5) is 5.69 Å². The van der Waals surface area contributed by atoms with Gasteiger partial charge in [0.05, 0.1) is 12.1 Å². The summed E-state index contributed by atoms with van der Waals surface area (Å²) in [6.07, 6.45) is 2.37. The Bertz CT molecular complexity index is 433. The first-order valence-corrected chi connectivity index (χ1v) is 7.28. The molecule has 106 valence electrons. The fraction of sp³-hybridized carbons (Fsp3) is 0.625. The van der Waals surface area contributed by atoms with Crippen LogP contribution < -0.4 is 10.2 Å². The van der Waals surface area contributed by atoms with Crippen LogP contribution in [0.15, 0.2) is 18.2 Å². The molecule has 0 bridgehead atoms. The molecular formula is C16H26N2O. The molecule has 0 spiro atoms. The summed E-state index contributed by atoms with van der Waals surface area (Å²) in [5.41, 5.74) is 3.89. The molecule has 3 heteroatoms. The lowest BCUT2D eigenvalue weighted by molar-refractivity contribution is 0.179. The van der Waals surface area contributed by atoms with Crippen LogP contribution in [0.3, 0.4) is 0 Å². The number of aryl methyl sites for hydroxylation is 2. The zero-order chi connectivity index (χ0) is 13.9. The van der Waals surface area contributed by atoms with Crippen molar-refractivity contribution < 1.29 is 5.11 Å². The molecule has 1 aliphatic heterocycles. The van der Waals surface area contributed by atoms with Crippen LogP contribution in [0.2, 0.25) is 0 Å². The summed E-state index contributed by atoms with van der Waals surface area (Å²) in [5, 5.41) is 13.1. The predicted molar refractivity (Wildman–Crippen MR) is 80.9 cm³/mol. The van der Waals surface area contributed by atoms with E-state index in [1.165, 1.54) is 29.7 Å². The topological polar surface area (TPSA) is 35.5 Å². The molecule has 0 saturated heterocycles. The molecule has 2 rings (SSSR count). The normalized spacial score (nSPS) is 18.0. The smallest absolute Gasteiger partial charge is 0.0627 e. The second-order valence-electron chi connectivity index (χ2n) is 5.91. The van der Waals surface area contributed by atoms with E-state index in [1.54, 1.807) is 0 Å². The van der Waals surface area contributed by atoms with E-state index in [0.29, 0.717) is 0 Å². The number of nitrogens with one attached hydrogen (secondary N) is 1. The first kappa shape index (κ1) is 14.4. The maximum atomic E-state index is 9.65. The number of anilines is 1. The van der Waals surface area contributed by atoms with E-state index in [1.807, 2.05) is 0 Å². The summed E-state index contributed by atoms with van der Waals surface area (Å²) < 4.78 is 0. The van der Waals surface area contributed by atoms with E-state index in [-0.39, 0.29) is 12.1 Å². The third-order valence-electron chi connectivity index (χ3n) is 3.94. The first-order valence-electron chi connectivity index (χ1n) is 7.28. The Hall–Kier alpha value is -1.06.